The largest absolute Gasteiger partial charge is 0.489 e. The minimum Gasteiger partial charge on any atom is -0.489 e. The number of carbonyl (C=O) groups excluding carboxylic acids is 1. The van der Waals surface area contributed by atoms with E-state index < -0.39 is 5.60 Å². The molecule has 0 atom stereocenters. The summed E-state index contributed by atoms with van der Waals surface area (Å²) >= 11 is 1.33. The third-order valence-electron chi connectivity index (χ3n) is 6.17. The molecule has 1 heterocycles. The number of aryl methyl sites for hydroxylation is 1. The number of ether oxygens (including phenoxy) is 3. The third kappa shape index (κ3) is 5.09. The minimum atomic E-state index is -0.819. The molecule has 32 heavy (non-hydrogen) atoms. The molecule has 1 aliphatic carbocycles. The zero-order valence-electron chi connectivity index (χ0n) is 18.8. The lowest BCUT2D eigenvalue weighted by molar-refractivity contribution is -0.158. The summed E-state index contributed by atoms with van der Waals surface area (Å²) in [7, 11) is 1.43. The average molecular weight is 458 g/mol. The molecule has 2 aromatic rings. The summed E-state index contributed by atoms with van der Waals surface area (Å²) in [6.45, 7) is 2.53. The van der Waals surface area contributed by atoms with E-state index in [-0.39, 0.29) is 5.97 Å². The number of benzene rings is 2. The highest BCUT2D eigenvalue weighted by molar-refractivity contribution is 7.94. The van der Waals surface area contributed by atoms with Gasteiger partial charge in [0.2, 0.25) is 5.60 Å². The Balaban J connectivity index is 1.31. The van der Waals surface area contributed by atoms with Gasteiger partial charge in [-0.3, -0.25) is 0 Å². The molecule has 6 nitrogen and oxygen atoms in total. The summed E-state index contributed by atoms with van der Waals surface area (Å²) < 4.78 is 22.5. The molecule has 172 valence electrons. The highest BCUT2D eigenvalue weighted by Crippen LogP contribution is 2.37. The van der Waals surface area contributed by atoms with Crippen molar-refractivity contribution in [1.82, 2.24) is 0 Å². The van der Waals surface area contributed by atoms with Gasteiger partial charge in [-0.05, 0) is 68.4 Å². The summed E-state index contributed by atoms with van der Waals surface area (Å²) in [4.78, 5) is 14.6. The van der Waals surface area contributed by atoms with E-state index in [1.54, 1.807) is 0 Å². The van der Waals surface area contributed by atoms with Gasteiger partial charge in [0.05, 0.1) is 31.4 Å². The van der Waals surface area contributed by atoms with Crippen LogP contribution in [0.4, 0.5) is 5.69 Å². The van der Waals surface area contributed by atoms with Crippen LogP contribution >= 0.6 is 12.0 Å². The zero-order chi connectivity index (χ0) is 22.4. The van der Waals surface area contributed by atoms with Crippen LogP contribution in [-0.2, 0) is 16.0 Å². The number of carbonyl (C=O) groups is 1. The monoisotopic (exact) mass is 457 g/mol. The van der Waals surface area contributed by atoms with E-state index >= 15 is 0 Å². The third-order valence-corrected chi connectivity index (χ3v) is 6.53. The fraction of sp³-hybridized carbons (Fsp3) is 0.480. The molecule has 1 fully saturated rings. The Morgan fingerprint density at radius 2 is 1.88 bits per heavy atom. The number of fused-ring (bicyclic) bond motifs is 1. The molecule has 2 aliphatic rings. The number of rotatable bonds is 9. The minimum absolute atomic E-state index is 0.267. The van der Waals surface area contributed by atoms with Crippen molar-refractivity contribution in [3.63, 3.8) is 0 Å². The van der Waals surface area contributed by atoms with Gasteiger partial charge < -0.3 is 23.3 Å². The molecule has 1 aliphatic heterocycles. The van der Waals surface area contributed by atoms with Crippen molar-refractivity contribution in [2.75, 3.05) is 38.0 Å². The van der Waals surface area contributed by atoms with Gasteiger partial charge in [0.15, 0.2) is 0 Å². The van der Waals surface area contributed by atoms with Gasteiger partial charge in [-0.15, -0.1) is 0 Å². The van der Waals surface area contributed by atoms with Crippen LogP contribution in [0, 0.1) is 0 Å². The van der Waals surface area contributed by atoms with Crippen LogP contribution in [0.2, 0.25) is 0 Å². The number of hydrogen-bond acceptors (Lipinski definition) is 7. The normalized spacial score (nSPS) is 16.8. The van der Waals surface area contributed by atoms with Crippen molar-refractivity contribution in [2.24, 2.45) is 0 Å². The number of esters is 1. The highest BCUT2D eigenvalue weighted by Gasteiger charge is 2.44. The fourth-order valence-electron chi connectivity index (χ4n) is 4.54. The van der Waals surface area contributed by atoms with Crippen molar-refractivity contribution in [2.45, 2.75) is 44.1 Å². The first-order valence-corrected chi connectivity index (χ1v) is 12.4. The van der Waals surface area contributed by atoms with Crippen LogP contribution in [0.15, 0.2) is 42.5 Å². The van der Waals surface area contributed by atoms with E-state index in [2.05, 4.69) is 23.1 Å². The molecule has 0 saturated heterocycles. The number of nitrogens with zero attached hydrogens (tertiary/aromatic N) is 1. The van der Waals surface area contributed by atoms with Crippen LogP contribution in [0.25, 0.3) is 0 Å². The van der Waals surface area contributed by atoms with E-state index in [9.17, 15) is 4.79 Å². The summed E-state index contributed by atoms with van der Waals surface area (Å²) in [5.74, 6) is 2.16. The second-order valence-electron chi connectivity index (χ2n) is 8.26. The van der Waals surface area contributed by atoms with Crippen molar-refractivity contribution < 1.29 is 23.2 Å². The van der Waals surface area contributed by atoms with Crippen molar-refractivity contribution in [3.05, 3.63) is 48.0 Å². The Bertz CT molecular complexity index is 911. The summed E-state index contributed by atoms with van der Waals surface area (Å²) in [6.07, 6.45) is 7.32. The Morgan fingerprint density at radius 3 is 2.59 bits per heavy atom. The molecule has 1 saturated carbocycles. The fourth-order valence-corrected chi connectivity index (χ4v) is 4.84. The predicted molar refractivity (Wildman–Crippen MR) is 127 cm³/mol. The average Bonchev–Trinajstić information content (AvgIpc) is 3.29. The van der Waals surface area contributed by atoms with Crippen molar-refractivity contribution in [1.29, 1.82) is 0 Å². The second-order valence-corrected chi connectivity index (χ2v) is 8.76. The van der Waals surface area contributed by atoms with E-state index in [4.69, 9.17) is 18.4 Å². The van der Waals surface area contributed by atoms with Crippen LogP contribution < -0.4 is 18.6 Å². The van der Waals surface area contributed by atoms with E-state index in [0.29, 0.717) is 19.4 Å². The molecule has 0 amide bonds. The zero-order valence-corrected chi connectivity index (χ0v) is 19.6. The maximum absolute atomic E-state index is 12.3. The molecule has 0 bridgehead atoms. The lowest BCUT2D eigenvalue weighted by Gasteiger charge is -2.31. The van der Waals surface area contributed by atoms with Gasteiger partial charge in [0.1, 0.15) is 23.9 Å². The van der Waals surface area contributed by atoms with Gasteiger partial charge in [-0.2, -0.15) is 0 Å². The maximum Gasteiger partial charge on any atom is 0.350 e. The van der Waals surface area contributed by atoms with Crippen LogP contribution in [0.3, 0.4) is 0 Å². The number of anilines is 1. The van der Waals surface area contributed by atoms with Crippen molar-refractivity contribution in [3.8, 4) is 17.2 Å². The predicted octanol–water partition coefficient (Wildman–Crippen LogP) is 5.04. The van der Waals surface area contributed by atoms with Crippen molar-refractivity contribution >= 4 is 23.7 Å². The standard InChI is InChI=1S/C25H31NO5S/c1-28-24(27)25(13-3-4-14-25)30-20-9-7-19(8-10-20)6-5-15-26-16-17-29-23-18-21(31-32-2)11-12-22(23)26/h7-12,18H,3-6,13-17H2,1-2H3. The second kappa shape index (κ2) is 10.4. The first kappa shape index (κ1) is 22.6. The highest BCUT2D eigenvalue weighted by atomic mass is 32.2. The number of methoxy groups -OCH3 is 1. The molecule has 0 unspecified atom stereocenters. The molecule has 0 N–H and O–H groups in total. The quantitative estimate of drug-likeness (QED) is 0.386. The lowest BCUT2D eigenvalue weighted by Crippen LogP contribution is -2.42. The van der Waals surface area contributed by atoms with Crippen LogP contribution in [-0.4, -0.2) is 44.6 Å². The van der Waals surface area contributed by atoms with E-state index in [1.165, 1.54) is 24.7 Å². The van der Waals surface area contributed by atoms with Crippen LogP contribution in [0.1, 0.15) is 37.7 Å². The summed E-state index contributed by atoms with van der Waals surface area (Å²) in [5.41, 5.74) is 1.56. The smallest absolute Gasteiger partial charge is 0.350 e. The Morgan fingerprint density at radius 1 is 1.12 bits per heavy atom. The van der Waals surface area contributed by atoms with Gasteiger partial charge >= 0.3 is 5.97 Å². The number of hydrogen-bond donors (Lipinski definition) is 0. The Kier molecular flexibility index (Phi) is 7.35. The maximum atomic E-state index is 12.3. The summed E-state index contributed by atoms with van der Waals surface area (Å²) in [5, 5.41) is 0. The molecular weight excluding hydrogens is 426 g/mol. The molecule has 0 spiro atoms. The van der Waals surface area contributed by atoms with Gasteiger partial charge in [0.25, 0.3) is 0 Å². The van der Waals surface area contributed by atoms with E-state index in [0.717, 1.165) is 61.7 Å². The van der Waals surface area contributed by atoms with Gasteiger partial charge in [0, 0.05) is 18.9 Å². The Hall–Kier alpha value is -2.54. The first-order chi connectivity index (χ1) is 15.6. The molecule has 7 heteroatoms. The van der Waals surface area contributed by atoms with Crippen LogP contribution in [0.5, 0.6) is 17.2 Å². The molecule has 0 aromatic heterocycles. The Labute approximate surface area is 194 Å². The van der Waals surface area contributed by atoms with Gasteiger partial charge in [-0.1, -0.05) is 12.1 Å². The van der Waals surface area contributed by atoms with Gasteiger partial charge in [-0.25, -0.2) is 4.79 Å². The molecular formula is C25H31NO5S. The summed E-state index contributed by atoms with van der Waals surface area (Å²) in [6, 6.07) is 14.1. The molecule has 0 radical (unpaired) electrons. The van der Waals surface area contributed by atoms with E-state index in [1.807, 2.05) is 30.5 Å². The molecule has 4 rings (SSSR count). The SMILES string of the molecule is COC(=O)C1(Oc2ccc(CCCN3CCOc4cc(OSC)ccc43)cc2)CCCC1. The topological polar surface area (TPSA) is 57.2 Å². The molecule has 2 aromatic carbocycles. The lowest BCUT2D eigenvalue weighted by atomic mass is 10.0. The first-order valence-electron chi connectivity index (χ1n) is 11.2.